The molecule has 0 saturated carbocycles. The van der Waals surface area contributed by atoms with Gasteiger partial charge < -0.3 is 41.3 Å². The van der Waals surface area contributed by atoms with Crippen LogP contribution in [0, 0.1) is 23.7 Å². The molecule has 8 N–H and O–H groups in total. The van der Waals surface area contributed by atoms with E-state index in [4.69, 9.17) is 0 Å². The minimum absolute atomic E-state index is 0.0178. The summed E-state index contributed by atoms with van der Waals surface area (Å²) in [6, 6.07) is 14.5. The number of allylic oxidation sites excluding steroid dienone is 2. The van der Waals surface area contributed by atoms with Crippen LogP contribution in [-0.4, -0.2) is 85.2 Å². The molecule has 0 amide bonds. The molecule has 0 aromatic heterocycles. The van der Waals surface area contributed by atoms with Gasteiger partial charge in [0.05, 0.1) is 36.4 Å². The Morgan fingerprint density at radius 3 is 2.57 bits per heavy atom. The maximum absolute atomic E-state index is 12.8. The van der Waals surface area contributed by atoms with E-state index in [2.05, 4.69) is 48.5 Å². The molecule has 9 unspecified atom stereocenters. The van der Waals surface area contributed by atoms with Crippen LogP contribution >= 0.6 is 0 Å². The normalized spacial score (nSPS) is 27.6. The third kappa shape index (κ3) is 13.4. The fraction of sp³-hybridized carbons (Fsp3) is 0.571. The lowest BCUT2D eigenvalue weighted by Gasteiger charge is -2.44. The zero-order valence-electron chi connectivity index (χ0n) is 34.7. The van der Waals surface area contributed by atoms with E-state index in [1.165, 1.54) is 0 Å². The monoisotopic (exact) mass is 797 g/mol. The number of carbonyl (C=O) groups is 1. The minimum Gasteiger partial charge on any atom is -0.508 e. The number of hydrogen-bond acceptors (Lipinski definition) is 8. The van der Waals surface area contributed by atoms with Gasteiger partial charge in [0.1, 0.15) is 5.75 Å². The Morgan fingerprint density at radius 1 is 1.02 bits per heavy atom. The second-order valence-electron chi connectivity index (χ2n) is 17.1. The van der Waals surface area contributed by atoms with Crippen LogP contribution in [0.25, 0.3) is 0 Å². The van der Waals surface area contributed by atoms with Crippen LogP contribution in [0.4, 0.5) is 0 Å². The standard InChI is InChI=1S/C49H68N2O7/c1-3-4-5-16-41(53)28-25-38-23-21-36-12-6-7-13-37(36)22-24-39-15-10-29-49(58,32-35-19-26-42(54)27-20-35)48(39)51-46(44(38)31-43(55)33-52)18-9-17-45-40(30-47(56)57)14-8-11-34(2)50-45/h6-7,10,12-13,15,19-20,25-28,34,39-41,43,45-46,48,50-55,58H,3-5,8-9,11,14,16-18,21,23,29-33H2,1-2H3,(H,56,57). The Bertz CT molecular complexity index is 1760. The van der Waals surface area contributed by atoms with E-state index in [0.717, 1.165) is 79.2 Å². The average molecular weight is 797 g/mol. The number of hydrogen-bond donors (Lipinski definition) is 8. The van der Waals surface area contributed by atoms with Gasteiger partial charge in [-0.1, -0.05) is 106 Å². The highest BCUT2D eigenvalue weighted by atomic mass is 16.4. The number of carboxylic acids is 1. The second-order valence-corrected chi connectivity index (χ2v) is 17.1. The average Bonchev–Trinajstić information content (AvgIpc) is 3.37. The number of phenolic OH excluding ortho intramolecular Hbond substituents is 1. The van der Waals surface area contributed by atoms with Gasteiger partial charge in [0.2, 0.25) is 0 Å². The molecule has 58 heavy (non-hydrogen) atoms. The van der Waals surface area contributed by atoms with Crippen molar-refractivity contribution in [2.45, 2.75) is 159 Å². The Morgan fingerprint density at radius 2 is 1.81 bits per heavy atom. The number of benzene rings is 2. The van der Waals surface area contributed by atoms with Crippen molar-refractivity contribution < 1.29 is 35.4 Å². The number of aliphatic hydroxyl groups excluding tert-OH is 3. The first-order valence-electron chi connectivity index (χ1n) is 21.8. The number of aryl methyl sites for hydroxylation is 1. The molecule has 316 valence electrons. The SMILES string of the molecule is CCCCCC(O)C=CC1=C(CC(O)CO)C(CCCC2NC(C)CCCC2CC(=O)O)NC2C(C#Cc3ccccc3CC1)C=CCC2(O)Cc1ccc(O)cc1. The van der Waals surface area contributed by atoms with Crippen molar-refractivity contribution in [3.63, 3.8) is 0 Å². The number of aliphatic hydroxyl groups is 4. The molecule has 3 aliphatic rings. The second kappa shape index (κ2) is 22.6. The number of aliphatic carboxylic acids is 1. The number of unbranched alkanes of at least 4 members (excludes halogenated alkanes) is 2. The summed E-state index contributed by atoms with van der Waals surface area (Å²) in [5, 5.41) is 73.0. The first-order chi connectivity index (χ1) is 28.0. The number of rotatable bonds is 17. The third-order valence-electron chi connectivity index (χ3n) is 12.5. The summed E-state index contributed by atoms with van der Waals surface area (Å²) < 4.78 is 0. The van der Waals surface area contributed by atoms with Gasteiger partial charge in [0.15, 0.2) is 0 Å². The van der Waals surface area contributed by atoms with Gasteiger partial charge in [0, 0.05) is 36.5 Å². The lowest BCUT2D eigenvalue weighted by Crippen LogP contribution is -2.59. The molecule has 1 saturated heterocycles. The van der Waals surface area contributed by atoms with Crippen molar-refractivity contribution in [3.05, 3.63) is 101 Å². The Labute approximate surface area is 346 Å². The molecule has 9 heteroatoms. The summed E-state index contributed by atoms with van der Waals surface area (Å²) in [6.07, 6.45) is 17.2. The van der Waals surface area contributed by atoms with E-state index in [1.807, 2.05) is 48.6 Å². The molecule has 2 aromatic rings. The highest BCUT2D eigenvalue weighted by molar-refractivity contribution is 5.67. The predicted octanol–water partition coefficient (Wildman–Crippen LogP) is 6.90. The van der Waals surface area contributed by atoms with Crippen molar-refractivity contribution in [2.24, 2.45) is 11.8 Å². The van der Waals surface area contributed by atoms with E-state index in [-0.39, 0.29) is 48.6 Å². The largest absolute Gasteiger partial charge is 0.508 e. The molecule has 0 radical (unpaired) electrons. The van der Waals surface area contributed by atoms with Crippen LogP contribution in [0.5, 0.6) is 5.75 Å². The summed E-state index contributed by atoms with van der Waals surface area (Å²) in [7, 11) is 0. The Kier molecular flexibility index (Phi) is 17.6. The summed E-state index contributed by atoms with van der Waals surface area (Å²) in [4.78, 5) is 12.0. The topological polar surface area (TPSA) is 163 Å². The molecule has 2 heterocycles. The summed E-state index contributed by atoms with van der Waals surface area (Å²) in [6.45, 7) is 3.90. The lowest BCUT2D eigenvalue weighted by molar-refractivity contribution is -0.138. The third-order valence-corrected chi connectivity index (χ3v) is 12.5. The van der Waals surface area contributed by atoms with Crippen LogP contribution < -0.4 is 10.6 Å². The minimum atomic E-state index is -1.27. The zero-order chi connectivity index (χ0) is 41.5. The van der Waals surface area contributed by atoms with E-state index >= 15 is 0 Å². The van der Waals surface area contributed by atoms with Crippen molar-refractivity contribution in [1.29, 1.82) is 0 Å². The Hall–Kier alpha value is -3.75. The molecule has 1 aliphatic carbocycles. The molecule has 0 spiro atoms. The molecule has 1 fully saturated rings. The first kappa shape index (κ1) is 45.3. The highest BCUT2D eigenvalue weighted by Gasteiger charge is 2.43. The van der Waals surface area contributed by atoms with Crippen LogP contribution in [-0.2, 0) is 17.6 Å². The van der Waals surface area contributed by atoms with Crippen LogP contribution in [0.15, 0.2) is 84.0 Å². The van der Waals surface area contributed by atoms with Gasteiger partial charge in [-0.3, -0.25) is 4.79 Å². The molecule has 2 aromatic carbocycles. The van der Waals surface area contributed by atoms with Gasteiger partial charge in [-0.05, 0) is 111 Å². The lowest BCUT2D eigenvalue weighted by atomic mass is 9.73. The molecule has 5 rings (SSSR count). The van der Waals surface area contributed by atoms with Crippen molar-refractivity contribution in [2.75, 3.05) is 6.61 Å². The van der Waals surface area contributed by atoms with E-state index in [0.29, 0.717) is 38.5 Å². The fourth-order valence-electron chi connectivity index (χ4n) is 9.29. The molecule has 0 bridgehead atoms. The maximum atomic E-state index is 12.8. The summed E-state index contributed by atoms with van der Waals surface area (Å²) in [5.74, 6) is 6.03. The number of nitrogens with one attached hydrogen (secondary N) is 2. The van der Waals surface area contributed by atoms with Gasteiger partial charge in [-0.15, -0.1) is 0 Å². The Balaban J connectivity index is 1.62. The quantitative estimate of drug-likeness (QED) is 0.0484. The van der Waals surface area contributed by atoms with Crippen LogP contribution in [0.1, 0.15) is 120 Å². The number of fused-ring (bicyclic) bond motifs is 2. The van der Waals surface area contributed by atoms with Gasteiger partial charge in [-0.2, -0.15) is 0 Å². The highest BCUT2D eigenvalue weighted by Crippen LogP contribution is 2.36. The smallest absolute Gasteiger partial charge is 0.303 e. The summed E-state index contributed by atoms with van der Waals surface area (Å²) in [5.41, 5.74) is 3.50. The fourth-order valence-corrected chi connectivity index (χ4v) is 9.29. The molecule has 9 nitrogen and oxygen atoms in total. The molecular formula is C49H68N2O7. The number of carboxylic acid groups (broad SMARTS) is 1. The van der Waals surface area contributed by atoms with Crippen LogP contribution in [0.3, 0.4) is 0 Å². The molecular weight excluding hydrogens is 729 g/mol. The van der Waals surface area contributed by atoms with Crippen molar-refractivity contribution in [3.8, 4) is 17.6 Å². The number of phenols is 1. The predicted molar refractivity (Wildman–Crippen MR) is 230 cm³/mol. The van der Waals surface area contributed by atoms with Gasteiger partial charge in [-0.25, -0.2) is 0 Å². The van der Waals surface area contributed by atoms with Crippen molar-refractivity contribution in [1.82, 2.24) is 10.6 Å². The van der Waals surface area contributed by atoms with E-state index in [1.54, 1.807) is 12.1 Å². The van der Waals surface area contributed by atoms with Gasteiger partial charge in [0.25, 0.3) is 0 Å². The van der Waals surface area contributed by atoms with Crippen LogP contribution in [0.2, 0.25) is 0 Å². The molecule has 9 atom stereocenters. The van der Waals surface area contributed by atoms with Gasteiger partial charge >= 0.3 is 5.97 Å². The van der Waals surface area contributed by atoms with E-state index < -0.39 is 36.4 Å². The summed E-state index contributed by atoms with van der Waals surface area (Å²) >= 11 is 0. The zero-order valence-corrected chi connectivity index (χ0v) is 34.7. The number of aromatic hydroxyl groups is 1. The maximum Gasteiger partial charge on any atom is 0.303 e. The first-order valence-corrected chi connectivity index (χ1v) is 21.8. The van der Waals surface area contributed by atoms with E-state index in [9.17, 15) is 35.4 Å². The molecule has 2 aliphatic heterocycles. The van der Waals surface area contributed by atoms with Crippen molar-refractivity contribution >= 4 is 5.97 Å².